The lowest BCUT2D eigenvalue weighted by Crippen LogP contribution is -2.38. The van der Waals surface area contributed by atoms with E-state index in [0.29, 0.717) is 30.6 Å². The van der Waals surface area contributed by atoms with Gasteiger partial charge in [-0.25, -0.2) is 14.8 Å². The highest BCUT2D eigenvalue weighted by Gasteiger charge is 2.53. The Hall–Kier alpha value is -3.20. The summed E-state index contributed by atoms with van der Waals surface area (Å²) < 4.78 is 5.51. The number of nitrogens with zero attached hydrogens (tertiary/aromatic N) is 3. The van der Waals surface area contributed by atoms with Crippen molar-refractivity contribution < 1.29 is 14.3 Å². The molecule has 1 aliphatic heterocycles. The molecule has 3 amide bonds. The second-order valence-corrected chi connectivity index (χ2v) is 9.05. The van der Waals surface area contributed by atoms with Gasteiger partial charge < -0.3 is 25.6 Å². The molecule has 0 bridgehead atoms. The third kappa shape index (κ3) is 4.78. The number of ether oxygens (including phenoxy) is 1. The fourth-order valence-electron chi connectivity index (χ4n) is 4.11. The number of nitrogens with one attached hydrogen (secondary N) is 3. The fraction of sp³-hybridized carbons (Fsp3) is 0.500. The molecule has 3 fully saturated rings. The predicted molar refractivity (Wildman–Crippen MR) is 125 cm³/mol. The highest BCUT2D eigenvalue weighted by atomic mass is 16.5. The van der Waals surface area contributed by atoms with E-state index in [1.54, 1.807) is 7.05 Å². The van der Waals surface area contributed by atoms with E-state index < -0.39 is 5.41 Å². The molecule has 174 valence electrons. The van der Waals surface area contributed by atoms with E-state index in [1.165, 1.54) is 12.8 Å². The molecule has 0 spiro atoms. The molecule has 2 aliphatic carbocycles. The lowest BCUT2D eigenvalue weighted by molar-refractivity contribution is -0.123. The van der Waals surface area contributed by atoms with Gasteiger partial charge in [-0.2, -0.15) is 0 Å². The number of urea groups is 1. The summed E-state index contributed by atoms with van der Waals surface area (Å²) in [6, 6.07) is 9.14. The Labute approximate surface area is 193 Å². The highest BCUT2D eigenvalue weighted by molar-refractivity contribution is 5.91. The van der Waals surface area contributed by atoms with Gasteiger partial charge in [0.25, 0.3) is 0 Å². The van der Waals surface area contributed by atoms with Crippen molar-refractivity contribution >= 4 is 23.4 Å². The van der Waals surface area contributed by atoms with Crippen molar-refractivity contribution in [1.82, 2.24) is 20.6 Å². The summed E-state index contributed by atoms with van der Waals surface area (Å²) in [5, 5.41) is 8.45. The van der Waals surface area contributed by atoms with Crippen LogP contribution >= 0.6 is 0 Å². The first kappa shape index (κ1) is 21.6. The van der Waals surface area contributed by atoms with Gasteiger partial charge in [0.1, 0.15) is 5.82 Å². The maximum absolute atomic E-state index is 13.1. The third-order valence-corrected chi connectivity index (χ3v) is 6.60. The van der Waals surface area contributed by atoms with Gasteiger partial charge in [-0.15, -0.1) is 0 Å². The van der Waals surface area contributed by atoms with Gasteiger partial charge in [0.15, 0.2) is 5.82 Å². The summed E-state index contributed by atoms with van der Waals surface area (Å²) >= 11 is 0. The van der Waals surface area contributed by atoms with Gasteiger partial charge in [0.05, 0.1) is 24.3 Å². The fourth-order valence-corrected chi connectivity index (χ4v) is 4.11. The summed E-state index contributed by atoms with van der Waals surface area (Å²) in [6.45, 7) is 3.58. The van der Waals surface area contributed by atoms with Gasteiger partial charge in [0.2, 0.25) is 5.91 Å². The van der Waals surface area contributed by atoms with Crippen LogP contribution in [-0.4, -0.2) is 61.8 Å². The Balaban J connectivity index is 1.45. The Morgan fingerprint density at radius 1 is 1.12 bits per heavy atom. The summed E-state index contributed by atoms with van der Waals surface area (Å²) in [4.78, 5) is 36.6. The van der Waals surface area contributed by atoms with Crippen molar-refractivity contribution in [2.24, 2.45) is 5.92 Å². The van der Waals surface area contributed by atoms with Crippen LogP contribution in [0.5, 0.6) is 0 Å². The van der Waals surface area contributed by atoms with E-state index in [0.717, 1.165) is 49.6 Å². The molecule has 3 N–H and O–H groups in total. The molecule has 33 heavy (non-hydrogen) atoms. The molecule has 2 saturated carbocycles. The number of rotatable bonds is 7. The van der Waals surface area contributed by atoms with Crippen LogP contribution in [-0.2, 0) is 14.9 Å². The summed E-state index contributed by atoms with van der Waals surface area (Å²) in [5.41, 5.74) is 1.74. The molecule has 0 atom stereocenters. The van der Waals surface area contributed by atoms with E-state index in [2.05, 4.69) is 20.9 Å². The molecule has 2 aromatic rings. The molecule has 9 heteroatoms. The first-order valence-electron chi connectivity index (χ1n) is 11.7. The Kier molecular flexibility index (Phi) is 5.88. The van der Waals surface area contributed by atoms with Crippen LogP contribution < -0.4 is 20.9 Å². The topological polar surface area (TPSA) is 108 Å². The lowest BCUT2D eigenvalue weighted by Gasteiger charge is -2.29. The molecule has 9 nitrogen and oxygen atoms in total. The average Bonchev–Trinajstić information content (AvgIpc) is 3.78. The number of amides is 3. The number of carbonyl (C=O) groups excluding carboxylic acids is 2. The SMILES string of the molecule is CNC(=O)Nc1ccc(-c2nc(N3CCOCC3)cc(C3(C(=O)NCC4CC4)CC3)n2)cc1. The number of benzene rings is 1. The maximum Gasteiger partial charge on any atom is 0.318 e. The normalized spacial score (nSPS) is 19.0. The van der Waals surface area contributed by atoms with Gasteiger partial charge in [-0.05, 0) is 55.9 Å². The Morgan fingerprint density at radius 3 is 2.48 bits per heavy atom. The van der Waals surface area contributed by atoms with Crippen molar-refractivity contribution in [3.05, 3.63) is 36.0 Å². The van der Waals surface area contributed by atoms with Gasteiger partial charge >= 0.3 is 6.03 Å². The molecule has 3 aliphatic rings. The lowest BCUT2D eigenvalue weighted by atomic mass is 10.00. The summed E-state index contributed by atoms with van der Waals surface area (Å²) in [5.74, 6) is 2.13. The smallest absolute Gasteiger partial charge is 0.318 e. The number of hydrogen-bond acceptors (Lipinski definition) is 6. The predicted octanol–water partition coefficient (Wildman–Crippen LogP) is 2.29. The molecule has 2 heterocycles. The zero-order chi connectivity index (χ0) is 22.8. The standard InChI is InChI=1S/C24H30N6O3/c1-25-23(32)27-18-6-4-17(5-7-18)21-28-19(14-20(29-21)30-10-12-33-13-11-30)24(8-9-24)22(31)26-15-16-2-3-16/h4-7,14,16H,2-3,8-13,15H2,1H3,(H,26,31)(H2,25,27,32). The zero-order valence-electron chi connectivity index (χ0n) is 18.9. The maximum atomic E-state index is 13.1. The highest BCUT2D eigenvalue weighted by Crippen LogP contribution is 2.48. The molecule has 1 aromatic heterocycles. The van der Waals surface area contributed by atoms with Crippen LogP contribution in [0.25, 0.3) is 11.4 Å². The van der Waals surface area contributed by atoms with Crippen LogP contribution in [0, 0.1) is 5.92 Å². The van der Waals surface area contributed by atoms with Crippen molar-refractivity contribution in [3.8, 4) is 11.4 Å². The van der Waals surface area contributed by atoms with E-state index >= 15 is 0 Å². The van der Waals surface area contributed by atoms with Crippen LogP contribution in [0.15, 0.2) is 30.3 Å². The van der Waals surface area contributed by atoms with Crippen molar-refractivity contribution in [3.63, 3.8) is 0 Å². The number of hydrogen-bond donors (Lipinski definition) is 3. The van der Waals surface area contributed by atoms with Gasteiger partial charge in [-0.3, -0.25) is 4.79 Å². The van der Waals surface area contributed by atoms with Crippen molar-refractivity contribution in [2.45, 2.75) is 31.1 Å². The minimum atomic E-state index is -0.561. The van der Waals surface area contributed by atoms with E-state index in [4.69, 9.17) is 14.7 Å². The Morgan fingerprint density at radius 2 is 1.85 bits per heavy atom. The number of aromatic nitrogens is 2. The number of carbonyl (C=O) groups is 2. The number of anilines is 2. The Bertz CT molecular complexity index is 1030. The molecule has 0 radical (unpaired) electrons. The molecule has 1 aromatic carbocycles. The first-order chi connectivity index (χ1) is 16.1. The van der Waals surface area contributed by atoms with E-state index in [1.807, 2.05) is 30.3 Å². The summed E-state index contributed by atoms with van der Waals surface area (Å²) in [7, 11) is 1.57. The second kappa shape index (κ2) is 8.97. The monoisotopic (exact) mass is 450 g/mol. The summed E-state index contributed by atoms with van der Waals surface area (Å²) in [6.07, 6.45) is 4.02. The van der Waals surface area contributed by atoms with Crippen LogP contribution in [0.4, 0.5) is 16.3 Å². The van der Waals surface area contributed by atoms with Crippen molar-refractivity contribution in [1.29, 1.82) is 0 Å². The quantitative estimate of drug-likeness (QED) is 0.597. The minimum absolute atomic E-state index is 0.0807. The second-order valence-electron chi connectivity index (χ2n) is 9.05. The van der Waals surface area contributed by atoms with Crippen LogP contribution in [0.2, 0.25) is 0 Å². The van der Waals surface area contributed by atoms with Crippen molar-refractivity contribution in [2.75, 3.05) is 50.1 Å². The molecule has 5 rings (SSSR count). The van der Waals surface area contributed by atoms with Crippen LogP contribution in [0.3, 0.4) is 0 Å². The molecular weight excluding hydrogens is 420 g/mol. The first-order valence-corrected chi connectivity index (χ1v) is 11.7. The number of morpholine rings is 1. The molecule has 1 saturated heterocycles. The average molecular weight is 451 g/mol. The minimum Gasteiger partial charge on any atom is -0.378 e. The van der Waals surface area contributed by atoms with Gasteiger partial charge in [0, 0.05) is 44.0 Å². The molecular formula is C24H30N6O3. The van der Waals surface area contributed by atoms with E-state index in [9.17, 15) is 9.59 Å². The third-order valence-electron chi connectivity index (χ3n) is 6.60. The van der Waals surface area contributed by atoms with Crippen LogP contribution in [0.1, 0.15) is 31.4 Å². The van der Waals surface area contributed by atoms with Gasteiger partial charge in [-0.1, -0.05) is 0 Å². The van der Waals surface area contributed by atoms with E-state index in [-0.39, 0.29) is 11.9 Å². The zero-order valence-corrected chi connectivity index (χ0v) is 18.9. The molecule has 0 unspecified atom stereocenters. The largest absolute Gasteiger partial charge is 0.378 e.